The van der Waals surface area contributed by atoms with Crippen molar-refractivity contribution in [1.29, 1.82) is 0 Å². The van der Waals surface area contributed by atoms with Crippen molar-refractivity contribution in [3.63, 3.8) is 0 Å². The number of aryl methyl sites for hydroxylation is 2. The lowest BCUT2D eigenvalue weighted by molar-refractivity contribution is 0.547. The first-order chi connectivity index (χ1) is 8.42. The topological polar surface area (TPSA) is 26.0 Å². The molecule has 0 aliphatic carbocycles. The Morgan fingerprint density at radius 3 is 2.59 bits per heavy atom. The molecule has 2 heteroatoms. The van der Waals surface area contributed by atoms with E-state index in [-0.39, 0.29) is 0 Å². The Morgan fingerprint density at radius 1 is 0.941 bits per heavy atom. The van der Waals surface area contributed by atoms with Crippen LogP contribution in [0.2, 0.25) is 0 Å². The summed E-state index contributed by atoms with van der Waals surface area (Å²) in [6, 6.07) is 14.3. The number of fused-ring (bicyclic) bond motifs is 1. The molecule has 0 spiro atoms. The first kappa shape index (κ1) is 10.1. The Hall–Kier alpha value is -2.09. The van der Waals surface area contributed by atoms with Crippen LogP contribution in [0, 0.1) is 0 Å². The van der Waals surface area contributed by atoms with Gasteiger partial charge in [-0.3, -0.25) is 4.98 Å². The first-order valence-electron chi connectivity index (χ1n) is 5.78. The van der Waals surface area contributed by atoms with Crippen molar-refractivity contribution in [1.82, 2.24) is 4.98 Å². The van der Waals surface area contributed by atoms with Gasteiger partial charge >= 0.3 is 0 Å². The number of nitrogens with zero attached hydrogens (tertiary/aromatic N) is 1. The zero-order chi connectivity index (χ0) is 11.5. The Bertz CT molecular complexity index is 580. The molecule has 0 amide bonds. The van der Waals surface area contributed by atoms with Gasteiger partial charge in [-0.25, -0.2) is 0 Å². The summed E-state index contributed by atoms with van der Waals surface area (Å²) in [6.07, 6.45) is 5.57. The van der Waals surface area contributed by atoms with Crippen LogP contribution in [0.15, 0.2) is 59.3 Å². The van der Waals surface area contributed by atoms with E-state index in [4.69, 9.17) is 4.42 Å². The highest BCUT2D eigenvalue weighted by Gasteiger charge is 2.03. The third-order valence-corrected chi connectivity index (χ3v) is 2.89. The summed E-state index contributed by atoms with van der Waals surface area (Å²) in [5.74, 6) is 1.04. The van der Waals surface area contributed by atoms with Gasteiger partial charge in [-0.05, 0) is 36.2 Å². The molecule has 0 fully saturated rings. The van der Waals surface area contributed by atoms with Gasteiger partial charge in [-0.15, -0.1) is 0 Å². The first-order valence-corrected chi connectivity index (χ1v) is 5.78. The van der Waals surface area contributed by atoms with Crippen molar-refractivity contribution in [2.75, 3.05) is 0 Å². The van der Waals surface area contributed by atoms with Crippen LogP contribution in [0.1, 0.15) is 11.3 Å². The maximum Gasteiger partial charge on any atom is 0.134 e. The minimum Gasteiger partial charge on any atom is -0.461 e. The maximum absolute atomic E-state index is 5.77. The van der Waals surface area contributed by atoms with Gasteiger partial charge in [-0.2, -0.15) is 0 Å². The van der Waals surface area contributed by atoms with Gasteiger partial charge in [0.2, 0.25) is 0 Å². The summed E-state index contributed by atoms with van der Waals surface area (Å²) in [5, 5.41) is 1.18. The van der Waals surface area contributed by atoms with E-state index in [2.05, 4.69) is 17.1 Å². The molecule has 2 heterocycles. The second-order valence-electron chi connectivity index (χ2n) is 4.11. The third-order valence-electron chi connectivity index (χ3n) is 2.89. The quantitative estimate of drug-likeness (QED) is 0.678. The average molecular weight is 223 g/mol. The highest BCUT2D eigenvalue weighted by Crippen LogP contribution is 2.19. The zero-order valence-electron chi connectivity index (χ0n) is 9.47. The number of para-hydroxylation sites is 1. The van der Waals surface area contributed by atoms with Crippen molar-refractivity contribution in [2.45, 2.75) is 12.8 Å². The molecule has 0 radical (unpaired) electrons. The van der Waals surface area contributed by atoms with Crippen molar-refractivity contribution < 1.29 is 4.42 Å². The van der Waals surface area contributed by atoms with Crippen LogP contribution in [0.25, 0.3) is 11.0 Å². The number of hydrogen-bond donors (Lipinski definition) is 0. The summed E-state index contributed by atoms with van der Waals surface area (Å²) in [5.41, 5.74) is 2.26. The standard InChI is InChI=1S/C15H13NO/c1-2-4-15-13(3-1)11-14(17-15)6-5-12-7-9-16-10-8-12/h1-4,7-11H,5-6H2. The third kappa shape index (κ3) is 2.21. The number of rotatable bonds is 3. The summed E-state index contributed by atoms with van der Waals surface area (Å²) in [4.78, 5) is 4.01. The van der Waals surface area contributed by atoms with Crippen molar-refractivity contribution in [3.8, 4) is 0 Å². The van der Waals surface area contributed by atoms with Crippen molar-refractivity contribution >= 4 is 11.0 Å². The summed E-state index contributed by atoms with van der Waals surface area (Å²) < 4.78 is 5.77. The van der Waals surface area contributed by atoms with Crippen molar-refractivity contribution in [2.24, 2.45) is 0 Å². The summed E-state index contributed by atoms with van der Waals surface area (Å²) >= 11 is 0. The van der Waals surface area contributed by atoms with E-state index < -0.39 is 0 Å². The Kier molecular flexibility index (Phi) is 2.62. The van der Waals surface area contributed by atoms with Gasteiger partial charge in [0.1, 0.15) is 11.3 Å². The number of aromatic nitrogens is 1. The lowest BCUT2D eigenvalue weighted by Gasteiger charge is -1.97. The molecule has 0 aliphatic rings. The molecule has 0 aliphatic heterocycles. The molecule has 2 nitrogen and oxygen atoms in total. The second kappa shape index (κ2) is 4.42. The number of hydrogen-bond acceptors (Lipinski definition) is 2. The molecular weight excluding hydrogens is 210 g/mol. The fraction of sp³-hybridized carbons (Fsp3) is 0.133. The zero-order valence-corrected chi connectivity index (χ0v) is 9.47. The molecule has 1 aromatic carbocycles. The molecule has 17 heavy (non-hydrogen) atoms. The highest BCUT2D eigenvalue weighted by molar-refractivity contribution is 5.77. The Morgan fingerprint density at radius 2 is 1.76 bits per heavy atom. The van der Waals surface area contributed by atoms with Gasteiger partial charge in [0.15, 0.2) is 0 Å². The van der Waals surface area contributed by atoms with Gasteiger partial charge in [0.25, 0.3) is 0 Å². The van der Waals surface area contributed by atoms with E-state index >= 15 is 0 Å². The lowest BCUT2D eigenvalue weighted by Crippen LogP contribution is -1.89. The van der Waals surface area contributed by atoms with E-state index in [0.29, 0.717) is 0 Å². The minimum atomic E-state index is 0.929. The molecular formula is C15H13NO. The van der Waals surface area contributed by atoms with E-state index in [1.165, 1.54) is 10.9 Å². The van der Waals surface area contributed by atoms with Crippen molar-refractivity contribution in [3.05, 3.63) is 66.2 Å². The Balaban J connectivity index is 1.77. The monoisotopic (exact) mass is 223 g/mol. The molecule has 2 aromatic heterocycles. The van der Waals surface area contributed by atoms with Crippen LogP contribution >= 0.6 is 0 Å². The van der Waals surface area contributed by atoms with Crippen LogP contribution in [0.5, 0.6) is 0 Å². The van der Waals surface area contributed by atoms with Crippen LogP contribution in [-0.2, 0) is 12.8 Å². The van der Waals surface area contributed by atoms with Gasteiger partial charge in [0.05, 0.1) is 0 Å². The fourth-order valence-electron chi connectivity index (χ4n) is 1.98. The van der Waals surface area contributed by atoms with Gasteiger partial charge in [-0.1, -0.05) is 18.2 Å². The summed E-state index contributed by atoms with van der Waals surface area (Å²) in [6.45, 7) is 0. The number of pyridine rings is 1. The highest BCUT2D eigenvalue weighted by atomic mass is 16.3. The minimum absolute atomic E-state index is 0.929. The predicted molar refractivity (Wildman–Crippen MR) is 67.9 cm³/mol. The van der Waals surface area contributed by atoms with Crippen LogP contribution in [0.3, 0.4) is 0 Å². The largest absolute Gasteiger partial charge is 0.461 e. The predicted octanol–water partition coefficient (Wildman–Crippen LogP) is 3.61. The molecule has 3 aromatic rings. The average Bonchev–Trinajstić information content (AvgIpc) is 2.80. The summed E-state index contributed by atoms with van der Waals surface area (Å²) in [7, 11) is 0. The lowest BCUT2D eigenvalue weighted by atomic mass is 10.1. The van der Waals surface area contributed by atoms with E-state index in [1.807, 2.05) is 42.7 Å². The molecule has 0 N–H and O–H groups in total. The fourth-order valence-corrected chi connectivity index (χ4v) is 1.98. The van der Waals surface area contributed by atoms with E-state index in [0.717, 1.165) is 24.2 Å². The van der Waals surface area contributed by atoms with Gasteiger partial charge in [0, 0.05) is 24.2 Å². The smallest absolute Gasteiger partial charge is 0.134 e. The molecule has 0 saturated heterocycles. The maximum atomic E-state index is 5.77. The molecule has 84 valence electrons. The molecule has 0 unspecified atom stereocenters. The van der Waals surface area contributed by atoms with Crippen LogP contribution < -0.4 is 0 Å². The number of benzene rings is 1. The van der Waals surface area contributed by atoms with E-state index in [1.54, 1.807) is 0 Å². The molecule has 3 rings (SSSR count). The molecule has 0 atom stereocenters. The Labute approximate surface area is 99.9 Å². The normalized spacial score (nSPS) is 10.8. The SMILES string of the molecule is c1ccc2oc(CCc3ccncc3)cc2c1. The van der Waals surface area contributed by atoms with Crippen LogP contribution in [0.4, 0.5) is 0 Å². The molecule has 0 bridgehead atoms. The number of furan rings is 1. The van der Waals surface area contributed by atoms with E-state index in [9.17, 15) is 0 Å². The molecule has 0 saturated carbocycles. The second-order valence-corrected chi connectivity index (χ2v) is 4.11. The van der Waals surface area contributed by atoms with Gasteiger partial charge < -0.3 is 4.42 Å². The van der Waals surface area contributed by atoms with Crippen LogP contribution in [-0.4, -0.2) is 4.98 Å².